The summed E-state index contributed by atoms with van der Waals surface area (Å²) >= 11 is 0. The molecule has 0 saturated carbocycles. The first kappa shape index (κ1) is 13.4. The van der Waals surface area contributed by atoms with Crippen molar-refractivity contribution in [2.24, 2.45) is 5.16 Å². The number of fused-ring (bicyclic) bond motifs is 1. The second-order valence-electron chi connectivity index (χ2n) is 4.50. The van der Waals surface area contributed by atoms with Crippen molar-refractivity contribution in [3.8, 4) is 0 Å². The summed E-state index contributed by atoms with van der Waals surface area (Å²) in [5.41, 5.74) is 2.70. The maximum Gasteiger partial charge on any atom is 0.221 e. The summed E-state index contributed by atoms with van der Waals surface area (Å²) < 4.78 is 0. The van der Waals surface area contributed by atoms with Gasteiger partial charge in [-0.2, -0.15) is 0 Å². The number of oxime groups is 1. The van der Waals surface area contributed by atoms with Crippen molar-refractivity contribution >= 4 is 17.3 Å². The quantitative estimate of drug-likeness (QED) is 0.639. The highest BCUT2D eigenvalue weighted by atomic mass is 16.4. The fourth-order valence-electron chi connectivity index (χ4n) is 2.35. The molecule has 0 aromatic heterocycles. The highest BCUT2D eigenvalue weighted by Crippen LogP contribution is 2.27. The second kappa shape index (κ2) is 6.22. The first-order chi connectivity index (χ1) is 9.26. The molecule has 0 bridgehead atoms. The molecule has 102 valence electrons. The first-order valence-corrected chi connectivity index (χ1v) is 6.58. The summed E-state index contributed by atoms with van der Waals surface area (Å²) in [6, 6.07) is 7.83. The van der Waals surface area contributed by atoms with Crippen molar-refractivity contribution in [2.45, 2.75) is 19.8 Å². The van der Waals surface area contributed by atoms with Crippen molar-refractivity contribution in [3.05, 3.63) is 29.8 Å². The number of carbonyl (C=O) groups is 1. The van der Waals surface area contributed by atoms with E-state index in [1.54, 1.807) is 0 Å². The summed E-state index contributed by atoms with van der Waals surface area (Å²) in [6.45, 7) is 4.03. The van der Waals surface area contributed by atoms with E-state index in [1.807, 2.05) is 31.2 Å². The van der Waals surface area contributed by atoms with Gasteiger partial charge in [-0.05, 0) is 13.0 Å². The van der Waals surface area contributed by atoms with Crippen LogP contribution in [0.25, 0.3) is 0 Å². The lowest BCUT2D eigenvalue weighted by molar-refractivity contribution is -0.120. The summed E-state index contributed by atoms with van der Waals surface area (Å²) in [5.74, 6) is 0.0709. The molecule has 5 heteroatoms. The molecule has 0 saturated heterocycles. The zero-order valence-electron chi connectivity index (χ0n) is 11.1. The zero-order chi connectivity index (χ0) is 13.7. The molecule has 19 heavy (non-hydrogen) atoms. The normalized spacial score (nSPS) is 16.3. The van der Waals surface area contributed by atoms with E-state index in [-0.39, 0.29) is 5.91 Å². The van der Waals surface area contributed by atoms with Crippen LogP contribution in [0.4, 0.5) is 5.69 Å². The van der Waals surface area contributed by atoms with E-state index >= 15 is 0 Å². The van der Waals surface area contributed by atoms with Crippen LogP contribution in [0.5, 0.6) is 0 Å². The molecular formula is C14H19N3O2. The Balaban J connectivity index is 2.10. The molecule has 1 aromatic rings. The van der Waals surface area contributed by atoms with Gasteiger partial charge in [0.15, 0.2) is 0 Å². The average Bonchev–Trinajstić information content (AvgIpc) is 2.45. The first-order valence-electron chi connectivity index (χ1n) is 6.58. The molecule has 0 radical (unpaired) electrons. The van der Waals surface area contributed by atoms with E-state index < -0.39 is 0 Å². The number of nitrogens with one attached hydrogen (secondary N) is 1. The van der Waals surface area contributed by atoms with E-state index in [2.05, 4.69) is 15.4 Å². The number of hydrogen-bond donors (Lipinski definition) is 2. The van der Waals surface area contributed by atoms with Crippen LogP contribution in [-0.4, -0.2) is 36.5 Å². The van der Waals surface area contributed by atoms with Crippen LogP contribution in [0.2, 0.25) is 0 Å². The average molecular weight is 261 g/mol. The Labute approximate surface area is 112 Å². The van der Waals surface area contributed by atoms with E-state index in [0.29, 0.717) is 31.6 Å². The van der Waals surface area contributed by atoms with Crippen molar-refractivity contribution in [3.63, 3.8) is 0 Å². The molecule has 1 heterocycles. The van der Waals surface area contributed by atoms with E-state index in [0.717, 1.165) is 17.8 Å². The summed E-state index contributed by atoms with van der Waals surface area (Å²) in [4.78, 5) is 13.7. The Hall–Kier alpha value is -2.04. The molecule has 0 unspecified atom stereocenters. The highest BCUT2D eigenvalue weighted by molar-refractivity contribution is 6.06. The number of carbonyl (C=O) groups excluding carboxylic acids is 1. The van der Waals surface area contributed by atoms with Crippen molar-refractivity contribution in [2.75, 3.05) is 24.5 Å². The van der Waals surface area contributed by atoms with E-state index in [1.165, 1.54) is 0 Å². The van der Waals surface area contributed by atoms with Gasteiger partial charge >= 0.3 is 0 Å². The van der Waals surface area contributed by atoms with Gasteiger partial charge in [-0.15, -0.1) is 0 Å². The lowest BCUT2D eigenvalue weighted by Crippen LogP contribution is -2.36. The number of hydrogen-bond acceptors (Lipinski definition) is 4. The summed E-state index contributed by atoms with van der Waals surface area (Å²) in [6.07, 6.45) is 1.18. The molecule has 1 amide bonds. The number of para-hydroxylation sites is 1. The standard InChI is InChI=1S/C14H19N3O2/c1-2-15-14(18)8-10-17-9-7-12(16-19)11-5-3-4-6-13(11)17/h3-6,19H,2,7-10H2,1H3,(H,15,18). The van der Waals surface area contributed by atoms with Crippen LogP contribution in [0, 0.1) is 0 Å². The minimum absolute atomic E-state index is 0.0709. The second-order valence-corrected chi connectivity index (χ2v) is 4.50. The Bertz CT molecular complexity index is 485. The van der Waals surface area contributed by atoms with Crippen LogP contribution in [0.3, 0.4) is 0 Å². The fraction of sp³-hybridized carbons (Fsp3) is 0.429. The minimum atomic E-state index is 0.0709. The Morgan fingerprint density at radius 2 is 2.26 bits per heavy atom. The summed E-state index contributed by atoms with van der Waals surface area (Å²) in [7, 11) is 0. The Morgan fingerprint density at radius 3 is 3.00 bits per heavy atom. The van der Waals surface area contributed by atoms with Crippen LogP contribution in [-0.2, 0) is 4.79 Å². The van der Waals surface area contributed by atoms with E-state index in [9.17, 15) is 4.79 Å². The fourth-order valence-corrected chi connectivity index (χ4v) is 2.35. The lowest BCUT2D eigenvalue weighted by Gasteiger charge is -2.31. The number of amides is 1. The maximum atomic E-state index is 11.5. The lowest BCUT2D eigenvalue weighted by atomic mass is 9.99. The number of rotatable bonds is 4. The van der Waals surface area contributed by atoms with Gasteiger partial charge in [-0.25, -0.2) is 0 Å². The Morgan fingerprint density at radius 1 is 1.47 bits per heavy atom. The van der Waals surface area contributed by atoms with Gasteiger partial charge in [-0.3, -0.25) is 4.79 Å². The van der Waals surface area contributed by atoms with Gasteiger partial charge in [0.25, 0.3) is 0 Å². The largest absolute Gasteiger partial charge is 0.411 e. The Kier molecular flexibility index (Phi) is 4.39. The molecule has 0 atom stereocenters. The molecule has 0 fully saturated rings. The smallest absolute Gasteiger partial charge is 0.221 e. The van der Waals surface area contributed by atoms with E-state index in [4.69, 9.17) is 5.21 Å². The van der Waals surface area contributed by atoms with Crippen LogP contribution >= 0.6 is 0 Å². The van der Waals surface area contributed by atoms with Gasteiger partial charge in [0.2, 0.25) is 5.91 Å². The maximum absolute atomic E-state index is 11.5. The molecule has 1 aromatic carbocycles. The van der Waals surface area contributed by atoms with Crippen LogP contribution < -0.4 is 10.2 Å². The van der Waals surface area contributed by atoms with Gasteiger partial charge in [0, 0.05) is 43.7 Å². The SMILES string of the molecule is CCNC(=O)CCN1CCC(=NO)c2ccccc21. The number of benzene rings is 1. The molecule has 0 aliphatic carbocycles. The summed E-state index contributed by atoms with van der Waals surface area (Å²) in [5, 5.41) is 15.2. The van der Waals surface area contributed by atoms with Gasteiger partial charge in [0.05, 0.1) is 5.71 Å². The zero-order valence-corrected chi connectivity index (χ0v) is 11.1. The number of nitrogens with zero attached hydrogens (tertiary/aromatic N) is 2. The van der Waals surface area contributed by atoms with Gasteiger partial charge in [-0.1, -0.05) is 23.4 Å². The molecule has 5 nitrogen and oxygen atoms in total. The van der Waals surface area contributed by atoms with Gasteiger partial charge in [0.1, 0.15) is 0 Å². The van der Waals surface area contributed by atoms with Crippen LogP contribution in [0.15, 0.2) is 29.4 Å². The van der Waals surface area contributed by atoms with Gasteiger partial charge < -0.3 is 15.4 Å². The van der Waals surface area contributed by atoms with Crippen molar-refractivity contribution < 1.29 is 10.0 Å². The molecule has 1 aliphatic heterocycles. The van der Waals surface area contributed by atoms with Crippen molar-refractivity contribution in [1.82, 2.24) is 5.32 Å². The molecule has 1 aliphatic rings. The topological polar surface area (TPSA) is 64.9 Å². The predicted octanol–water partition coefficient (Wildman–Crippen LogP) is 1.60. The molecule has 0 spiro atoms. The molecule has 2 rings (SSSR count). The monoisotopic (exact) mass is 261 g/mol. The third kappa shape index (κ3) is 3.05. The highest BCUT2D eigenvalue weighted by Gasteiger charge is 2.21. The third-order valence-corrected chi connectivity index (χ3v) is 3.28. The third-order valence-electron chi connectivity index (χ3n) is 3.28. The minimum Gasteiger partial charge on any atom is -0.411 e. The number of anilines is 1. The van der Waals surface area contributed by atoms with Crippen LogP contribution in [0.1, 0.15) is 25.3 Å². The molecular weight excluding hydrogens is 242 g/mol. The predicted molar refractivity (Wildman–Crippen MR) is 74.9 cm³/mol. The molecule has 2 N–H and O–H groups in total. The van der Waals surface area contributed by atoms with Crippen molar-refractivity contribution in [1.29, 1.82) is 0 Å².